The highest BCUT2D eigenvalue weighted by Crippen LogP contribution is 2.29. The summed E-state index contributed by atoms with van der Waals surface area (Å²) in [7, 11) is 3.12. The minimum Gasteiger partial charge on any atom is -0.493 e. The first kappa shape index (κ1) is 26.1. The lowest BCUT2D eigenvalue weighted by Gasteiger charge is -2.18. The van der Waals surface area contributed by atoms with Gasteiger partial charge in [-0.05, 0) is 61.2 Å². The quantitative estimate of drug-likeness (QED) is 0.250. The van der Waals surface area contributed by atoms with Gasteiger partial charge in [-0.2, -0.15) is 0 Å². The second-order valence-electron chi connectivity index (χ2n) is 9.27. The van der Waals surface area contributed by atoms with Crippen molar-refractivity contribution in [1.29, 1.82) is 0 Å². The number of ether oxygens (including phenoxy) is 3. The van der Waals surface area contributed by atoms with Gasteiger partial charge in [0.2, 0.25) is 0 Å². The maximum Gasteiger partial charge on any atom is 0.251 e. The number of nitrogens with zero attached hydrogens (tertiary/aromatic N) is 2. The highest BCUT2D eigenvalue weighted by molar-refractivity contribution is 5.95. The van der Waals surface area contributed by atoms with E-state index in [-0.39, 0.29) is 11.9 Å². The van der Waals surface area contributed by atoms with Gasteiger partial charge >= 0.3 is 0 Å². The third-order valence-corrected chi connectivity index (χ3v) is 6.39. The largest absolute Gasteiger partial charge is 0.493 e. The molecule has 1 aromatic heterocycles. The van der Waals surface area contributed by atoms with Gasteiger partial charge in [0.15, 0.2) is 11.5 Å². The Morgan fingerprint density at radius 1 is 0.919 bits per heavy atom. The van der Waals surface area contributed by atoms with Gasteiger partial charge in [-0.25, -0.2) is 4.98 Å². The molecular formula is C30H35N3O4. The van der Waals surface area contributed by atoms with E-state index < -0.39 is 0 Å². The third kappa shape index (κ3) is 5.88. The fraction of sp³-hybridized carbons (Fsp3) is 0.333. The topological polar surface area (TPSA) is 74.6 Å². The van der Waals surface area contributed by atoms with E-state index in [1.165, 1.54) is 5.56 Å². The zero-order chi connectivity index (χ0) is 26.4. The van der Waals surface area contributed by atoms with Crippen molar-refractivity contribution in [2.24, 2.45) is 0 Å². The predicted octanol–water partition coefficient (Wildman–Crippen LogP) is 6.14. The van der Waals surface area contributed by atoms with Crippen LogP contribution in [0.5, 0.6) is 17.2 Å². The summed E-state index contributed by atoms with van der Waals surface area (Å²) in [6.45, 7) is 7.59. The second kappa shape index (κ2) is 11.8. The standard InChI is InChI=1S/C30H35N3O4/c1-20(2)23-11-6-9-14-26(23)37-18-10-17-33-25-13-8-7-12-24(25)32-29(33)21(3)31-30(34)22-15-16-27(35-4)28(19-22)36-5/h6-9,11-16,19-21H,10,17-18H2,1-5H3,(H,31,34). The highest BCUT2D eigenvalue weighted by Gasteiger charge is 2.20. The van der Waals surface area contributed by atoms with Crippen molar-refractivity contribution in [3.63, 3.8) is 0 Å². The van der Waals surface area contributed by atoms with Crippen LogP contribution in [0.3, 0.4) is 0 Å². The van der Waals surface area contributed by atoms with E-state index >= 15 is 0 Å². The molecule has 0 fully saturated rings. The van der Waals surface area contributed by atoms with Crippen molar-refractivity contribution >= 4 is 16.9 Å². The van der Waals surface area contributed by atoms with Gasteiger partial charge < -0.3 is 24.1 Å². The molecule has 4 aromatic rings. The van der Waals surface area contributed by atoms with Gasteiger partial charge in [-0.15, -0.1) is 0 Å². The minimum atomic E-state index is -0.310. The fourth-order valence-corrected chi connectivity index (χ4v) is 4.48. The number of aromatic nitrogens is 2. The van der Waals surface area contributed by atoms with Crippen molar-refractivity contribution in [3.05, 3.63) is 83.7 Å². The summed E-state index contributed by atoms with van der Waals surface area (Å²) in [5.41, 5.74) is 3.63. The fourth-order valence-electron chi connectivity index (χ4n) is 4.48. The maximum atomic E-state index is 13.1. The number of aryl methyl sites for hydroxylation is 1. The van der Waals surface area contributed by atoms with Gasteiger partial charge in [-0.3, -0.25) is 4.79 Å². The van der Waals surface area contributed by atoms with Crippen molar-refractivity contribution in [2.75, 3.05) is 20.8 Å². The maximum absolute atomic E-state index is 13.1. The zero-order valence-corrected chi connectivity index (χ0v) is 22.2. The van der Waals surface area contributed by atoms with Crippen LogP contribution in [0, 0.1) is 0 Å². The average molecular weight is 502 g/mol. The van der Waals surface area contributed by atoms with Crippen LogP contribution in [-0.4, -0.2) is 36.3 Å². The number of hydrogen-bond acceptors (Lipinski definition) is 5. The predicted molar refractivity (Wildman–Crippen MR) is 146 cm³/mol. The Balaban J connectivity index is 1.49. The van der Waals surface area contributed by atoms with E-state index in [2.05, 4.69) is 35.9 Å². The Morgan fingerprint density at radius 2 is 1.65 bits per heavy atom. The molecule has 3 aromatic carbocycles. The Morgan fingerprint density at radius 3 is 2.41 bits per heavy atom. The molecule has 1 atom stereocenters. The molecule has 1 unspecified atom stereocenters. The van der Waals surface area contributed by atoms with E-state index in [0.717, 1.165) is 35.6 Å². The van der Waals surface area contributed by atoms with Crippen LogP contribution < -0.4 is 19.5 Å². The summed E-state index contributed by atoms with van der Waals surface area (Å²) in [5, 5.41) is 3.09. The molecule has 1 heterocycles. The summed E-state index contributed by atoms with van der Waals surface area (Å²) >= 11 is 0. The summed E-state index contributed by atoms with van der Waals surface area (Å²) < 4.78 is 19.0. The molecule has 194 valence electrons. The van der Waals surface area contributed by atoms with Crippen molar-refractivity contribution < 1.29 is 19.0 Å². The average Bonchev–Trinajstić information content (AvgIpc) is 3.29. The number of amides is 1. The van der Waals surface area contributed by atoms with Crippen LogP contribution in [0.25, 0.3) is 11.0 Å². The number of hydrogen-bond donors (Lipinski definition) is 1. The molecular weight excluding hydrogens is 466 g/mol. The molecule has 1 N–H and O–H groups in total. The molecule has 1 amide bonds. The number of para-hydroxylation sites is 3. The van der Waals surface area contributed by atoms with E-state index in [1.54, 1.807) is 32.4 Å². The Kier molecular flexibility index (Phi) is 8.33. The first-order valence-corrected chi connectivity index (χ1v) is 12.6. The number of rotatable bonds is 11. The van der Waals surface area contributed by atoms with Crippen LogP contribution >= 0.6 is 0 Å². The van der Waals surface area contributed by atoms with Gasteiger partial charge in [0, 0.05) is 12.1 Å². The van der Waals surface area contributed by atoms with E-state index in [4.69, 9.17) is 19.2 Å². The number of benzene rings is 3. The number of methoxy groups -OCH3 is 2. The molecule has 0 aliphatic heterocycles. The zero-order valence-electron chi connectivity index (χ0n) is 22.2. The molecule has 0 spiro atoms. The molecule has 0 saturated heterocycles. The summed E-state index contributed by atoms with van der Waals surface area (Å²) in [5.74, 6) is 3.01. The van der Waals surface area contributed by atoms with Crippen molar-refractivity contribution in [2.45, 2.75) is 45.7 Å². The van der Waals surface area contributed by atoms with Crippen LogP contribution in [0.15, 0.2) is 66.7 Å². The second-order valence-corrected chi connectivity index (χ2v) is 9.27. The van der Waals surface area contributed by atoms with Gasteiger partial charge in [0.25, 0.3) is 5.91 Å². The number of fused-ring (bicyclic) bond motifs is 1. The molecule has 0 radical (unpaired) electrons. The normalized spacial score (nSPS) is 11.9. The lowest BCUT2D eigenvalue weighted by molar-refractivity contribution is 0.0937. The van der Waals surface area contributed by atoms with Crippen LogP contribution in [0.2, 0.25) is 0 Å². The molecule has 7 nitrogen and oxygen atoms in total. The molecule has 0 bridgehead atoms. The summed E-state index contributed by atoms with van der Waals surface area (Å²) in [6, 6.07) is 21.0. The highest BCUT2D eigenvalue weighted by atomic mass is 16.5. The van der Waals surface area contributed by atoms with E-state index in [0.29, 0.717) is 29.6 Å². The molecule has 4 rings (SSSR count). The lowest BCUT2D eigenvalue weighted by atomic mass is 10.0. The molecule has 7 heteroatoms. The minimum absolute atomic E-state index is 0.208. The number of carbonyl (C=O) groups is 1. The Labute approximate surface area is 218 Å². The Hall–Kier alpha value is -4.00. The number of nitrogens with one attached hydrogen (secondary N) is 1. The smallest absolute Gasteiger partial charge is 0.251 e. The number of carbonyl (C=O) groups excluding carboxylic acids is 1. The number of imidazole rings is 1. The van der Waals surface area contributed by atoms with E-state index in [1.807, 2.05) is 43.3 Å². The SMILES string of the molecule is COc1ccc(C(=O)NC(C)c2nc3ccccc3n2CCCOc2ccccc2C(C)C)cc1OC. The molecule has 0 aliphatic carbocycles. The summed E-state index contributed by atoms with van der Waals surface area (Å²) in [6.07, 6.45) is 0.802. The molecule has 0 saturated carbocycles. The van der Waals surface area contributed by atoms with E-state index in [9.17, 15) is 4.79 Å². The Bertz CT molecular complexity index is 1360. The van der Waals surface area contributed by atoms with Gasteiger partial charge in [0.1, 0.15) is 11.6 Å². The summed E-state index contributed by atoms with van der Waals surface area (Å²) in [4.78, 5) is 17.9. The van der Waals surface area contributed by atoms with Crippen LogP contribution in [0.1, 0.15) is 60.9 Å². The lowest BCUT2D eigenvalue weighted by Crippen LogP contribution is -2.29. The first-order chi connectivity index (χ1) is 17.9. The third-order valence-electron chi connectivity index (χ3n) is 6.39. The van der Waals surface area contributed by atoms with Gasteiger partial charge in [-0.1, -0.05) is 44.2 Å². The van der Waals surface area contributed by atoms with Crippen LogP contribution in [-0.2, 0) is 6.54 Å². The molecule has 37 heavy (non-hydrogen) atoms. The van der Waals surface area contributed by atoms with Crippen molar-refractivity contribution in [1.82, 2.24) is 14.9 Å². The monoisotopic (exact) mass is 501 g/mol. The van der Waals surface area contributed by atoms with Gasteiger partial charge in [0.05, 0.1) is 37.9 Å². The molecule has 0 aliphatic rings. The van der Waals surface area contributed by atoms with Crippen LogP contribution in [0.4, 0.5) is 0 Å². The first-order valence-electron chi connectivity index (χ1n) is 12.6. The van der Waals surface area contributed by atoms with Crippen molar-refractivity contribution in [3.8, 4) is 17.2 Å².